The normalized spacial score (nSPS) is 19.7. The molecular weight excluding hydrogens is 527 g/mol. The van der Waals surface area contributed by atoms with Gasteiger partial charge in [-0.05, 0) is 32.8 Å². The molecular formula is C26H33FN6O7. The molecule has 2 heterocycles. The molecule has 40 heavy (non-hydrogen) atoms. The summed E-state index contributed by atoms with van der Waals surface area (Å²) in [6.07, 6.45) is 3.14. The van der Waals surface area contributed by atoms with Gasteiger partial charge in [-0.3, -0.25) is 14.4 Å². The number of aromatic nitrogens is 1. The van der Waals surface area contributed by atoms with Gasteiger partial charge in [-0.1, -0.05) is 5.16 Å². The minimum Gasteiger partial charge on any atom is -0.492 e. The standard InChI is InChI=1S/C26H33FN6O7/c1-12(28)24(35)29-13(2)25(36)30-19-11-32(8-7-18(19)31-40-4)21-17(27)9-15-20(23(21)39-3)33(14-5-6-14)10-16(22(15)34)26(37)38/h9-10,12-14,19H,5-8,11,28H2,1-4H3,(H,29,35)(H,30,36)(H,37,38)/b31-18+/t12-,13-,19?/m0/s1. The summed E-state index contributed by atoms with van der Waals surface area (Å²) in [7, 11) is 2.73. The van der Waals surface area contributed by atoms with Crippen LogP contribution in [-0.2, 0) is 14.4 Å². The number of methoxy groups -OCH3 is 1. The van der Waals surface area contributed by atoms with E-state index in [9.17, 15) is 24.3 Å². The zero-order chi connectivity index (χ0) is 29.3. The minimum absolute atomic E-state index is 0.0461. The summed E-state index contributed by atoms with van der Waals surface area (Å²) in [6, 6.07) is -1.42. The van der Waals surface area contributed by atoms with Gasteiger partial charge in [-0.2, -0.15) is 0 Å². The number of pyridine rings is 1. The Morgan fingerprint density at radius 1 is 1.23 bits per heavy atom. The molecule has 13 nitrogen and oxygen atoms in total. The quantitative estimate of drug-likeness (QED) is 0.322. The lowest BCUT2D eigenvalue weighted by Gasteiger charge is -2.36. The number of amides is 2. The summed E-state index contributed by atoms with van der Waals surface area (Å²) in [4.78, 5) is 56.2. The number of rotatable bonds is 9. The number of carboxylic acids is 1. The third kappa shape index (κ3) is 5.57. The lowest BCUT2D eigenvalue weighted by molar-refractivity contribution is -0.129. The number of aromatic carboxylic acids is 1. The van der Waals surface area contributed by atoms with Crippen LogP contribution in [0.15, 0.2) is 22.2 Å². The molecule has 1 aliphatic heterocycles. The second kappa shape index (κ2) is 11.5. The molecule has 216 valence electrons. The number of fused-ring (bicyclic) bond motifs is 1. The van der Waals surface area contributed by atoms with Crippen molar-refractivity contribution in [2.75, 3.05) is 32.2 Å². The third-order valence-electron chi connectivity index (χ3n) is 7.02. The highest BCUT2D eigenvalue weighted by Gasteiger charge is 2.35. The smallest absolute Gasteiger partial charge is 0.341 e. The van der Waals surface area contributed by atoms with E-state index in [1.807, 2.05) is 0 Å². The van der Waals surface area contributed by atoms with Crippen LogP contribution < -0.4 is 31.4 Å². The first-order chi connectivity index (χ1) is 19.0. The van der Waals surface area contributed by atoms with Gasteiger partial charge in [0.25, 0.3) is 0 Å². The molecule has 2 fully saturated rings. The van der Waals surface area contributed by atoms with E-state index in [-0.39, 0.29) is 36.0 Å². The molecule has 1 aromatic carbocycles. The molecule has 1 aromatic heterocycles. The van der Waals surface area contributed by atoms with Crippen LogP contribution in [0.4, 0.5) is 10.1 Å². The van der Waals surface area contributed by atoms with Crippen LogP contribution in [0, 0.1) is 5.82 Å². The highest BCUT2D eigenvalue weighted by Crippen LogP contribution is 2.44. The molecule has 1 saturated heterocycles. The molecule has 2 aliphatic rings. The fraction of sp³-hybridized carbons (Fsp3) is 0.500. The van der Waals surface area contributed by atoms with E-state index in [0.29, 0.717) is 17.6 Å². The van der Waals surface area contributed by atoms with E-state index >= 15 is 4.39 Å². The molecule has 14 heteroatoms. The van der Waals surface area contributed by atoms with Crippen LogP contribution in [0.3, 0.4) is 0 Å². The van der Waals surface area contributed by atoms with Gasteiger partial charge < -0.3 is 40.5 Å². The van der Waals surface area contributed by atoms with Crippen molar-refractivity contribution in [1.82, 2.24) is 15.2 Å². The number of carboxylic acid groups (broad SMARTS) is 1. The van der Waals surface area contributed by atoms with E-state index in [0.717, 1.165) is 18.9 Å². The molecule has 0 radical (unpaired) electrons. The van der Waals surface area contributed by atoms with E-state index in [4.69, 9.17) is 15.3 Å². The zero-order valence-electron chi connectivity index (χ0n) is 22.7. The van der Waals surface area contributed by atoms with Crippen molar-refractivity contribution in [2.24, 2.45) is 10.9 Å². The van der Waals surface area contributed by atoms with E-state index in [1.54, 1.807) is 9.47 Å². The topological polar surface area (TPSA) is 178 Å². The lowest BCUT2D eigenvalue weighted by atomic mass is 10.0. The number of oxime groups is 1. The maximum absolute atomic E-state index is 15.8. The van der Waals surface area contributed by atoms with Crippen molar-refractivity contribution >= 4 is 40.1 Å². The summed E-state index contributed by atoms with van der Waals surface area (Å²) in [5.41, 5.74) is 5.22. The Kier molecular flexibility index (Phi) is 8.28. The SMILES string of the molecule is CO/N=C1\CCN(c2c(F)cc3c(=O)c(C(=O)O)cn(C4CC4)c3c2OC)CC1NC(=O)[C@H](C)NC(=O)[C@H](C)N. The van der Waals surface area contributed by atoms with Crippen LogP contribution in [0.25, 0.3) is 10.9 Å². The van der Waals surface area contributed by atoms with E-state index < -0.39 is 52.7 Å². The van der Waals surface area contributed by atoms with Crippen LogP contribution in [0.1, 0.15) is 49.5 Å². The highest BCUT2D eigenvalue weighted by atomic mass is 19.1. The van der Waals surface area contributed by atoms with Crippen molar-refractivity contribution < 1.29 is 33.5 Å². The second-order valence-electron chi connectivity index (χ2n) is 9.99. The summed E-state index contributed by atoms with van der Waals surface area (Å²) >= 11 is 0. The number of ether oxygens (including phenoxy) is 1. The number of nitrogens with zero attached hydrogens (tertiary/aromatic N) is 3. The highest BCUT2D eigenvalue weighted by molar-refractivity contribution is 5.99. The number of piperidine rings is 1. The van der Waals surface area contributed by atoms with Crippen LogP contribution in [0.2, 0.25) is 0 Å². The van der Waals surface area contributed by atoms with Gasteiger partial charge in [0.1, 0.15) is 24.4 Å². The first-order valence-corrected chi connectivity index (χ1v) is 12.9. The molecule has 0 spiro atoms. The Morgan fingerprint density at radius 2 is 1.93 bits per heavy atom. The van der Waals surface area contributed by atoms with Gasteiger partial charge >= 0.3 is 5.97 Å². The lowest BCUT2D eigenvalue weighted by Crippen LogP contribution is -2.57. The molecule has 2 amide bonds. The number of hydrogen-bond donors (Lipinski definition) is 4. The van der Waals surface area contributed by atoms with Gasteiger partial charge in [0.15, 0.2) is 11.6 Å². The summed E-state index contributed by atoms with van der Waals surface area (Å²) in [6.45, 7) is 3.36. The second-order valence-corrected chi connectivity index (χ2v) is 9.99. The largest absolute Gasteiger partial charge is 0.492 e. The molecule has 4 rings (SSSR count). The fourth-order valence-electron chi connectivity index (χ4n) is 4.83. The van der Waals surface area contributed by atoms with Gasteiger partial charge in [-0.25, -0.2) is 9.18 Å². The van der Waals surface area contributed by atoms with Gasteiger partial charge in [0, 0.05) is 31.7 Å². The van der Waals surface area contributed by atoms with Crippen LogP contribution in [0.5, 0.6) is 5.75 Å². The fourth-order valence-corrected chi connectivity index (χ4v) is 4.83. The van der Waals surface area contributed by atoms with Crippen LogP contribution in [-0.4, -0.2) is 78.6 Å². The molecule has 0 bridgehead atoms. The van der Waals surface area contributed by atoms with Crippen molar-refractivity contribution in [3.05, 3.63) is 33.9 Å². The van der Waals surface area contributed by atoms with Gasteiger partial charge in [0.2, 0.25) is 17.2 Å². The first-order valence-electron chi connectivity index (χ1n) is 12.9. The first kappa shape index (κ1) is 28.8. The summed E-state index contributed by atoms with van der Waals surface area (Å²) in [5.74, 6) is -3.07. The van der Waals surface area contributed by atoms with Crippen molar-refractivity contribution in [3.8, 4) is 5.75 Å². The monoisotopic (exact) mass is 560 g/mol. The molecule has 3 atom stereocenters. The maximum atomic E-state index is 15.8. The molecule has 1 unspecified atom stereocenters. The molecule has 1 aliphatic carbocycles. The number of nitrogens with two attached hydrogens (primary N) is 1. The van der Waals surface area contributed by atoms with Crippen molar-refractivity contribution in [1.29, 1.82) is 0 Å². The zero-order valence-corrected chi connectivity index (χ0v) is 22.7. The number of benzene rings is 1. The minimum atomic E-state index is -1.39. The number of anilines is 1. The Bertz CT molecular complexity index is 1440. The number of carbonyl (C=O) groups is 3. The average Bonchev–Trinajstić information content (AvgIpc) is 3.74. The summed E-state index contributed by atoms with van der Waals surface area (Å²) in [5, 5.41) is 18.9. The van der Waals surface area contributed by atoms with E-state index in [2.05, 4.69) is 15.8 Å². The van der Waals surface area contributed by atoms with Gasteiger partial charge in [-0.15, -0.1) is 0 Å². The third-order valence-corrected chi connectivity index (χ3v) is 7.02. The number of hydrogen-bond acceptors (Lipinski definition) is 9. The number of halogens is 1. The molecule has 2 aromatic rings. The van der Waals surface area contributed by atoms with Crippen molar-refractivity contribution in [3.63, 3.8) is 0 Å². The average molecular weight is 561 g/mol. The predicted octanol–water partition coefficient (Wildman–Crippen LogP) is 0.732. The van der Waals surface area contributed by atoms with Crippen LogP contribution >= 0.6 is 0 Å². The maximum Gasteiger partial charge on any atom is 0.341 e. The summed E-state index contributed by atoms with van der Waals surface area (Å²) < 4.78 is 23.1. The number of nitrogens with one attached hydrogen (secondary N) is 2. The molecule has 1 saturated carbocycles. The predicted molar refractivity (Wildman–Crippen MR) is 144 cm³/mol. The number of carbonyl (C=O) groups excluding carboxylic acids is 2. The van der Waals surface area contributed by atoms with E-state index in [1.165, 1.54) is 34.3 Å². The Balaban J connectivity index is 1.74. The molecule has 5 N–H and O–H groups in total. The Labute approximate surface area is 229 Å². The van der Waals surface area contributed by atoms with Gasteiger partial charge in [0.05, 0.1) is 35.8 Å². The Hall–Kier alpha value is -4.20. The van der Waals surface area contributed by atoms with Crippen molar-refractivity contribution in [2.45, 2.75) is 57.3 Å². The Morgan fingerprint density at radius 3 is 2.50 bits per heavy atom.